The molecule has 0 aromatic carbocycles. The smallest absolute Gasteiger partial charge is 0.342 e. The van der Waals surface area contributed by atoms with Crippen molar-refractivity contribution >= 4 is 12.2 Å². The molecule has 0 saturated heterocycles. The number of H-pyrrole nitrogens is 1. The van der Waals surface area contributed by atoms with Gasteiger partial charge in [0.1, 0.15) is 10.3 Å². The van der Waals surface area contributed by atoms with E-state index < -0.39 is 17.8 Å². The van der Waals surface area contributed by atoms with Gasteiger partial charge in [0, 0.05) is 0 Å². The highest BCUT2D eigenvalue weighted by Gasteiger charge is 2.59. The molecule has 14 heavy (non-hydrogen) atoms. The second-order valence-electron chi connectivity index (χ2n) is 2.38. The molecule has 0 radical (unpaired) electrons. The van der Waals surface area contributed by atoms with E-state index in [0.29, 0.717) is 6.20 Å². The molecule has 1 heterocycles. The maximum absolute atomic E-state index is 12.6. The van der Waals surface area contributed by atoms with Crippen molar-refractivity contribution in [2.75, 3.05) is 0 Å². The molecular weight excluding hydrogens is 227 g/mol. The lowest BCUT2D eigenvalue weighted by Gasteiger charge is -2.18. The summed E-state index contributed by atoms with van der Waals surface area (Å²) < 4.78 is 60.4. The Morgan fingerprint density at radius 3 is 2.14 bits per heavy atom. The van der Waals surface area contributed by atoms with Crippen LogP contribution < -0.4 is 0 Å². The molecule has 0 aliphatic rings. The fourth-order valence-electron chi connectivity index (χ4n) is 0.689. The predicted molar refractivity (Wildman–Crippen MR) is 39.4 cm³/mol. The zero-order valence-electron chi connectivity index (χ0n) is 6.40. The molecule has 1 aromatic rings. The van der Waals surface area contributed by atoms with Gasteiger partial charge in [-0.25, -0.2) is 0 Å². The highest BCUT2D eigenvalue weighted by Crippen LogP contribution is 2.42. The van der Waals surface area contributed by atoms with Gasteiger partial charge < -0.3 is 4.98 Å². The number of halogens is 5. The van der Waals surface area contributed by atoms with Crippen molar-refractivity contribution in [3.05, 3.63) is 22.7 Å². The van der Waals surface area contributed by atoms with Crippen LogP contribution in [-0.4, -0.2) is 16.1 Å². The lowest BCUT2D eigenvalue weighted by atomic mass is 10.2. The van der Waals surface area contributed by atoms with Crippen LogP contribution in [-0.2, 0) is 5.92 Å². The summed E-state index contributed by atoms with van der Waals surface area (Å²) in [5, 5.41) is 0. The van der Waals surface area contributed by atoms with E-state index in [0.717, 1.165) is 6.20 Å². The van der Waals surface area contributed by atoms with E-state index >= 15 is 0 Å². The average Bonchev–Trinajstić information content (AvgIpc) is 2.02. The van der Waals surface area contributed by atoms with Crippen molar-refractivity contribution < 1.29 is 22.0 Å². The van der Waals surface area contributed by atoms with Gasteiger partial charge in [-0.05, 0) is 0 Å². The highest BCUT2D eigenvalue weighted by molar-refractivity contribution is 7.71. The zero-order chi connectivity index (χ0) is 11.0. The van der Waals surface area contributed by atoms with E-state index in [-0.39, 0.29) is 4.64 Å². The Labute approximate surface area is 79.8 Å². The maximum Gasteiger partial charge on any atom is 0.459 e. The van der Waals surface area contributed by atoms with Crippen LogP contribution in [0.15, 0.2) is 12.4 Å². The summed E-state index contributed by atoms with van der Waals surface area (Å²) in [6.07, 6.45) is -4.30. The van der Waals surface area contributed by atoms with Crippen LogP contribution in [0.4, 0.5) is 22.0 Å². The van der Waals surface area contributed by atoms with Gasteiger partial charge in [0.25, 0.3) is 0 Å². The number of aromatic amines is 1. The van der Waals surface area contributed by atoms with Crippen LogP contribution in [0, 0.1) is 4.64 Å². The van der Waals surface area contributed by atoms with E-state index in [9.17, 15) is 22.0 Å². The lowest BCUT2D eigenvalue weighted by molar-refractivity contribution is -0.291. The number of hydrogen-bond donors (Lipinski definition) is 1. The Morgan fingerprint density at radius 2 is 1.71 bits per heavy atom. The third-order valence-electron chi connectivity index (χ3n) is 1.35. The maximum atomic E-state index is 12.6. The molecule has 0 aliphatic carbocycles. The van der Waals surface area contributed by atoms with Crippen molar-refractivity contribution in [3.63, 3.8) is 0 Å². The second-order valence-corrected chi connectivity index (χ2v) is 2.82. The summed E-state index contributed by atoms with van der Waals surface area (Å²) in [6.45, 7) is 0. The number of hydrogen-bond acceptors (Lipinski definition) is 2. The first-order valence-electron chi connectivity index (χ1n) is 3.24. The van der Waals surface area contributed by atoms with Gasteiger partial charge in [-0.15, -0.1) is 0 Å². The Bertz CT molecular complexity index is 382. The van der Waals surface area contributed by atoms with Crippen LogP contribution in [0.3, 0.4) is 0 Å². The minimum absolute atomic E-state index is 0.286. The van der Waals surface area contributed by atoms with E-state index in [1.54, 1.807) is 4.98 Å². The highest BCUT2D eigenvalue weighted by atomic mass is 32.1. The largest absolute Gasteiger partial charge is 0.459 e. The summed E-state index contributed by atoms with van der Waals surface area (Å²) in [6, 6.07) is 0. The minimum Gasteiger partial charge on any atom is -0.342 e. The Hall–Kier alpha value is -1.05. The Morgan fingerprint density at radius 1 is 1.14 bits per heavy atom. The second kappa shape index (κ2) is 3.26. The molecule has 2 nitrogen and oxygen atoms in total. The fourth-order valence-corrected chi connectivity index (χ4v) is 0.860. The first kappa shape index (κ1) is 11.0. The molecule has 78 valence electrons. The molecule has 0 amide bonds. The van der Waals surface area contributed by atoms with Gasteiger partial charge in [-0.2, -0.15) is 22.0 Å². The molecule has 0 fully saturated rings. The van der Waals surface area contributed by atoms with E-state index in [1.165, 1.54) is 0 Å². The van der Waals surface area contributed by atoms with Gasteiger partial charge in [-0.3, -0.25) is 4.98 Å². The summed E-state index contributed by atoms with van der Waals surface area (Å²) in [7, 11) is 0. The van der Waals surface area contributed by atoms with E-state index in [4.69, 9.17) is 0 Å². The molecule has 0 unspecified atom stereocenters. The van der Waals surface area contributed by atoms with Crippen LogP contribution >= 0.6 is 12.2 Å². The number of nitrogens with one attached hydrogen (secondary N) is 1. The lowest BCUT2D eigenvalue weighted by Crippen LogP contribution is -2.34. The topological polar surface area (TPSA) is 28.7 Å². The number of aromatic nitrogens is 2. The van der Waals surface area contributed by atoms with Gasteiger partial charge >= 0.3 is 12.1 Å². The molecule has 0 saturated carbocycles. The third kappa shape index (κ3) is 1.89. The zero-order valence-corrected chi connectivity index (χ0v) is 7.22. The van der Waals surface area contributed by atoms with Crippen molar-refractivity contribution in [3.8, 4) is 0 Å². The standard InChI is InChI=1S/C6H3F5N2S/c7-5(8,6(9,10)11)3-1-12-2-4(14)13-3/h1-2H,(H,13,14). The van der Waals surface area contributed by atoms with Crippen LogP contribution in [0.2, 0.25) is 0 Å². The number of alkyl halides is 5. The third-order valence-corrected chi connectivity index (χ3v) is 1.56. The van der Waals surface area contributed by atoms with Crippen molar-refractivity contribution in [2.24, 2.45) is 0 Å². The molecule has 0 bridgehead atoms. The van der Waals surface area contributed by atoms with Crippen LogP contribution in [0.5, 0.6) is 0 Å². The molecule has 1 N–H and O–H groups in total. The SMILES string of the molecule is FC(F)(F)C(F)(F)c1cncc(=S)[nH]1. The normalized spacial score (nSPS) is 12.9. The molecule has 8 heteroatoms. The summed E-state index contributed by atoms with van der Waals surface area (Å²) in [5.41, 5.74) is -1.36. The van der Waals surface area contributed by atoms with Crippen molar-refractivity contribution in [1.82, 2.24) is 9.97 Å². The average molecular weight is 230 g/mol. The van der Waals surface area contributed by atoms with Crippen molar-refractivity contribution in [2.45, 2.75) is 12.1 Å². The van der Waals surface area contributed by atoms with Gasteiger partial charge in [0.2, 0.25) is 0 Å². The molecule has 1 rings (SSSR count). The van der Waals surface area contributed by atoms with E-state index in [1.807, 2.05) is 0 Å². The molecule has 1 aromatic heterocycles. The number of nitrogens with zero attached hydrogens (tertiary/aromatic N) is 1. The first-order chi connectivity index (χ1) is 6.25. The Balaban J connectivity index is 3.23. The van der Waals surface area contributed by atoms with Crippen LogP contribution in [0.1, 0.15) is 5.69 Å². The molecule has 0 aliphatic heterocycles. The monoisotopic (exact) mass is 230 g/mol. The van der Waals surface area contributed by atoms with E-state index in [2.05, 4.69) is 17.2 Å². The Kier molecular flexibility index (Phi) is 2.57. The molecule has 0 atom stereocenters. The summed E-state index contributed by atoms with van der Waals surface area (Å²) in [5.74, 6) is -4.96. The minimum atomic E-state index is -5.66. The van der Waals surface area contributed by atoms with Crippen LogP contribution in [0.25, 0.3) is 0 Å². The fraction of sp³-hybridized carbons (Fsp3) is 0.333. The van der Waals surface area contributed by atoms with Gasteiger partial charge in [-0.1, -0.05) is 12.2 Å². The summed E-state index contributed by atoms with van der Waals surface area (Å²) >= 11 is 4.37. The predicted octanol–water partition coefficient (Wildman–Crippen LogP) is 2.79. The van der Waals surface area contributed by atoms with Gasteiger partial charge in [0.05, 0.1) is 12.4 Å². The molecular formula is C6H3F5N2S. The van der Waals surface area contributed by atoms with Crippen molar-refractivity contribution in [1.29, 1.82) is 0 Å². The van der Waals surface area contributed by atoms with Gasteiger partial charge in [0.15, 0.2) is 0 Å². The quantitative estimate of drug-likeness (QED) is 0.593. The molecule has 0 spiro atoms. The summed E-state index contributed by atoms with van der Waals surface area (Å²) in [4.78, 5) is 4.88. The first-order valence-corrected chi connectivity index (χ1v) is 3.65. The number of rotatable bonds is 1.